The highest BCUT2D eigenvalue weighted by atomic mass is 79.9. The number of carbonyl (C=O) groups is 1. The number of nitrogens with zero attached hydrogens (tertiary/aromatic N) is 1. The second-order valence-electron chi connectivity index (χ2n) is 7.49. The van der Waals surface area contributed by atoms with Crippen molar-refractivity contribution < 1.29 is 9.90 Å². The van der Waals surface area contributed by atoms with Crippen LogP contribution in [0.1, 0.15) is 34.3 Å². The van der Waals surface area contributed by atoms with Crippen molar-refractivity contribution in [3.05, 3.63) is 69.7 Å². The molecule has 1 fully saturated rings. The maximum absolute atomic E-state index is 12.7. The van der Waals surface area contributed by atoms with Gasteiger partial charge >= 0.3 is 0 Å². The fraction of sp³-hybridized carbons (Fsp3) is 0.409. The SMILES string of the molecule is O=C(c1ccc(Br)cc1)C1CCN([C@@H]2Cc3ccccc3C[C@H]2O)CC1. The topological polar surface area (TPSA) is 40.5 Å². The third-order valence-electron chi connectivity index (χ3n) is 5.92. The number of hydrogen-bond acceptors (Lipinski definition) is 3. The largest absolute Gasteiger partial charge is 0.391 e. The fourth-order valence-electron chi connectivity index (χ4n) is 4.39. The summed E-state index contributed by atoms with van der Waals surface area (Å²) in [5.74, 6) is 0.354. The Hall–Kier alpha value is -1.49. The van der Waals surface area contributed by atoms with E-state index < -0.39 is 0 Å². The molecule has 0 radical (unpaired) electrons. The first kappa shape index (κ1) is 17.9. The minimum Gasteiger partial charge on any atom is -0.391 e. The number of ketones is 1. The second kappa shape index (κ2) is 7.63. The zero-order valence-corrected chi connectivity index (χ0v) is 16.4. The molecule has 1 aliphatic heterocycles. The zero-order chi connectivity index (χ0) is 18.1. The molecule has 0 aromatic heterocycles. The van der Waals surface area contributed by atoms with Gasteiger partial charge in [0.05, 0.1) is 6.10 Å². The van der Waals surface area contributed by atoms with Crippen LogP contribution >= 0.6 is 15.9 Å². The predicted molar refractivity (Wildman–Crippen MR) is 106 cm³/mol. The molecular weight excluding hydrogens is 390 g/mol. The highest BCUT2D eigenvalue weighted by Gasteiger charge is 2.35. The molecule has 4 heteroatoms. The molecule has 1 saturated heterocycles. The molecule has 3 nitrogen and oxygen atoms in total. The molecule has 0 amide bonds. The number of piperidine rings is 1. The number of aliphatic hydroxyl groups is 1. The van der Waals surface area contributed by atoms with E-state index in [1.807, 2.05) is 30.3 Å². The third kappa shape index (κ3) is 3.64. The Morgan fingerprint density at radius 2 is 1.58 bits per heavy atom. The summed E-state index contributed by atoms with van der Waals surface area (Å²) in [6.45, 7) is 1.77. The molecule has 2 aliphatic rings. The summed E-state index contributed by atoms with van der Waals surface area (Å²) in [5.41, 5.74) is 3.44. The van der Waals surface area contributed by atoms with E-state index in [2.05, 4.69) is 39.0 Å². The summed E-state index contributed by atoms with van der Waals surface area (Å²) < 4.78 is 0.996. The van der Waals surface area contributed by atoms with Crippen molar-refractivity contribution >= 4 is 21.7 Å². The van der Waals surface area contributed by atoms with Crippen LogP contribution in [-0.2, 0) is 12.8 Å². The maximum atomic E-state index is 12.7. The first-order valence-corrected chi connectivity index (χ1v) is 10.2. The van der Waals surface area contributed by atoms with E-state index in [0.717, 1.165) is 48.8 Å². The van der Waals surface area contributed by atoms with Gasteiger partial charge in [0.2, 0.25) is 0 Å². The average Bonchev–Trinajstić information content (AvgIpc) is 2.68. The van der Waals surface area contributed by atoms with Crippen LogP contribution in [0, 0.1) is 5.92 Å². The van der Waals surface area contributed by atoms with Crippen molar-refractivity contribution in [1.29, 1.82) is 0 Å². The average molecular weight is 414 g/mol. The summed E-state index contributed by atoms with van der Waals surface area (Å²) in [5, 5.41) is 10.6. The number of benzene rings is 2. The van der Waals surface area contributed by atoms with E-state index in [1.54, 1.807) is 0 Å². The van der Waals surface area contributed by atoms with Gasteiger partial charge in [-0.15, -0.1) is 0 Å². The maximum Gasteiger partial charge on any atom is 0.166 e. The minimum atomic E-state index is -0.316. The number of halogens is 1. The first-order valence-electron chi connectivity index (χ1n) is 9.40. The molecule has 0 saturated carbocycles. The molecule has 2 aromatic rings. The minimum absolute atomic E-state index is 0.0976. The van der Waals surface area contributed by atoms with Crippen molar-refractivity contribution in [3.63, 3.8) is 0 Å². The lowest BCUT2D eigenvalue weighted by atomic mass is 9.83. The van der Waals surface area contributed by atoms with Gasteiger partial charge in [0.1, 0.15) is 0 Å². The van der Waals surface area contributed by atoms with E-state index >= 15 is 0 Å². The number of carbonyl (C=O) groups excluding carboxylic acids is 1. The van der Waals surface area contributed by atoms with Crippen molar-refractivity contribution in [2.75, 3.05) is 13.1 Å². The van der Waals surface area contributed by atoms with Gasteiger partial charge in [-0.1, -0.05) is 52.3 Å². The Bertz CT molecular complexity index is 781. The van der Waals surface area contributed by atoms with Crippen molar-refractivity contribution in [2.45, 2.75) is 37.8 Å². The monoisotopic (exact) mass is 413 g/mol. The Kier molecular flexibility index (Phi) is 5.25. The van der Waals surface area contributed by atoms with Gasteiger partial charge in [0, 0.05) is 28.4 Å². The molecule has 2 atom stereocenters. The normalized spacial score (nSPS) is 24.2. The number of fused-ring (bicyclic) bond motifs is 1. The zero-order valence-electron chi connectivity index (χ0n) is 14.8. The van der Waals surface area contributed by atoms with Crippen LogP contribution in [0.2, 0.25) is 0 Å². The van der Waals surface area contributed by atoms with E-state index in [4.69, 9.17) is 0 Å². The molecular formula is C22H24BrNO2. The summed E-state index contributed by atoms with van der Waals surface area (Å²) in [6.07, 6.45) is 3.07. The first-order chi connectivity index (χ1) is 12.6. The number of likely N-dealkylation sites (tertiary alicyclic amines) is 1. The van der Waals surface area contributed by atoms with Crippen molar-refractivity contribution in [1.82, 2.24) is 4.90 Å². The van der Waals surface area contributed by atoms with Gasteiger partial charge in [-0.3, -0.25) is 9.69 Å². The highest BCUT2D eigenvalue weighted by molar-refractivity contribution is 9.10. The van der Waals surface area contributed by atoms with Crippen LogP contribution in [0.25, 0.3) is 0 Å². The summed E-state index contributed by atoms with van der Waals surface area (Å²) in [7, 11) is 0. The highest BCUT2D eigenvalue weighted by Crippen LogP contribution is 2.29. The van der Waals surface area contributed by atoms with Gasteiger partial charge < -0.3 is 5.11 Å². The number of Topliss-reactive ketones (excluding diaryl/α,β-unsaturated/α-hetero) is 1. The van der Waals surface area contributed by atoms with Gasteiger partial charge in [-0.2, -0.15) is 0 Å². The number of rotatable bonds is 3. The van der Waals surface area contributed by atoms with Crippen LogP contribution in [0.3, 0.4) is 0 Å². The van der Waals surface area contributed by atoms with Crippen LogP contribution in [0.5, 0.6) is 0 Å². The predicted octanol–water partition coefficient (Wildman–Crippen LogP) is 3.87. The summed E-state index contributed by atoms with van der Waals surface area (Å²) >= 11 is 3.42. The molecule has 26 heavy (non-hydrogen) atoms. The molecule has 136 valence electrons. The van der Waals surface area contributed by atoms with Crippen molar-refractivity contribution in [2.24, 2.45) is 5.92 Å². The Labute approximate surface area is 163 Å². The van der Waals surface area contributed by atoms with E-state index in [1.165, 1.54) is 11.1 Å². The summed E-state index contributed by atoms with van der Waals surface area (Å²) in [4.78, 5) is 15.1. The van der Waals surface area contributed by atoms with Gasteiger partial charge in [-0.25, -0.2) is 0 Å². The van der Waals surface area contributed by atoms with Crippen molar-refractivity contribution in [3.8, 4) is 0 Å². The molecule has 1 aliphatic carbocycles. The Morgan fingerprint density at radius 3 is 2.23 bits per heavy atom. The molecule has 0 spiro atoms. The van der Waals surface area contributed by atoms with E-state index in [9.17, 15) is 9.90 Å². The molecule has 2 aromatic carbocycles. The molecule has 1 N–H and O–H groups in total. The van der Waals surface area contributed by atoms with Crippen LogP contribution in [-0.4, -0.2) is 41.0 Å². The lowest BCUT2D eigenvalue weighted by molar-refractivity contribution is 0.0239. The lowest BCUT2D eigenvalue weighted by Gasteiger charge is -2.41. The third-order valence-corrected chi connectivity index (χ3v) is 6.45. The van der Waals surface area contributed by atoms with E-state index in [0.29, 0.717) is 0 Å². The number of hydrogen-bond donors (Lipinski definition) is 1. The summed E-state index contributed by atoms with van der Waals surface area (Å²) in [6, 6.07) is 16.3. The van der Waals surface area contributed by atoms with Gasteiger partial charge in [-0.05, 0) is 55.6 Å². The number of aliphatic hydroxyl groups excluding tert-OH is 1. The Balaban J connectivity index is 1.39. The van der Waals surface area contributed by atoms with Crippen LogP contribution in [0.4, 0.5) is 0 Å². The molecule has 0 unspecified atom stereocenters. The lowest BCUT2D eigenvalue weighted by Crippen LogP contribution is -2.51. The fourth-order valence-corrected chi connectivity index (χ4v) is 4.66. The van der Waals surface area contributed by atoms with Gasteiger partial charge in [0.25, 0.3) is 0 Å². The Morgan fingerprint density at radius 1 is 0.962 bits per heavy atom. The quantitative estimate of drug-likeness (QED) is 0.776. The van der Waals surface area contributed by atoms with Gasteiger partial charge in [0.15, 0.2) is 5.78 Å². The van der Waals surface area contributed by atoms with Crippen LogP contribution in [0.15, 0.2) is 53.0 Å². The standard InChI is InChI=1S/C22H24BrNO2/c23-19-7-5-15(6-8-19)22(26)16-9-11-24(12-10-16)20-13-17-3-1-2-4-18(17)14-21(20)25/h1-8,16,20-21,25H,9-14H2/t20-,21-/m1/s1. The molecule has 4 rings (SSSR count). The molecule has 1 heterocycles. The smallest absolute Gasteiger partial charge is 0.166 e. The van der Waals surface area contributed by atoms with Crippen LogP contribution < -0.4 is 0 Å². The second-order valence-corrected chi connectivity index (χ2v) is 8.41. The van der Waals surface area contributed by atoms with E-state index in [-0.39, 0.29) is 23.8 Å². The molecule has 0 bridgehead atoms.